The van der Waals surface area contributed by atoms with Crippen molar-refractivity contribution >= 4 is 11.9 Å². The van der Waals surface area contributed by atoms with Crippen LogP contribution >= 0.6 is 0 Å². The number of urea groups is 1. The number of nitrogens with one attached hydrogen (secondary N) is 1. The van der Waals surface area contributed by atoms with Crippen molar-refractivity contribution in [1.82, 2.24) is 10.2 Å². The van der Waals surface area contributed by atoms with Crippen molar-refractivity contribution in [2.75, 3.05) is 26.3 Å². The van der Waals surface area contributed by atoms with Crippen molar-refractivity contribution in [3.05, 3.63) is 0 Å². The van der Waals surface area contributed by atoms with E-state index in [1.165, 1.54) is 0 Å². The number of hydrogen-bond acceptors (Lipinski definition) is 4. The lowest BCUT2D eigenvalue weighted by atomic mass is 9.79. The molecule has 2 aliphatic heterocycles. The van der Waals surface area contributed by atoms with Gasteiger partial charge in [-0.3, -0.25) is 0 Å². The zero-order valence-electron chi connectivity index (χ0n) is 11.3. The summed E-state index contributed by atoms with van der Waals surface area (Å²) < 4.78 is 5.23. The normalized spacial score (nSPS) is 27.3. The zero-order valence-corrected chi connectivity index (χ0v) is 11.3. The second-order valence-corrected chi connectivity index (χ2v) is 5.54. The Labute approximate surface area is 112 Å². The average Bonchev–Trinajstić information content (AvgIpc) is 2.91. The SMILES string of the molecule is CC1(C(N)=NO)CCN(C(=O)NC2CCOC2)CC1. The van der Waals surface area contributed by atoms with Crippen LogP contribution in [-0.4, -0.2) is 54.3 Å². The number of carbonyl (C=O) groups excluding carboxylic acids is 1. The van der Waals surface area contributed by atoms with Gasteiger partial charge in [0.2, 0.25) is 0 Å². The maximum atomic E-state index is 12.1. The molecule has 2 rings (SSSR count). The molecule has 108 valence electrons. The minimum absolute atomic E-state index is 0.0444. The van der Waals surface area contributed by atoms with Crippen LogP contribution in [0.1, 0.15) is 26.2 Å². The monoisotopic (exact) mass is 270 g/mol. The smallest absolute Gasteiger partial charge is 0.317 e. The van der Waals surface area contributed by atoms with E-state index in [4.69, 9.17) is 15.7 Å². The molecule has 2 aliphatic rings. The Kier molecular flexibility index (Phi) is 4.14. The van der Waals surface area contributed by atoms with E-state index in [2.05, 4.69) is 10.5 Å². The number of carbonyl (C=O) groups is 1. The number of amidine groups is 1. The summed E-state index contributed by atoms with van der Waals surface area (Å²) in [5.41, 5.74) is 5.38. The molecule has 0 spiro atoms. The fourth-order valence-corrected chi connectivity index (χ4v) is 2.49. The summed E-state index contributed by atoms with van der Waals surface area (Å²) in [5.74, 6) is 0.247. The molecular formula is C12H22N4O3. The summed E-state index contributed by atoms with van der Waals surface area (Å²) in [6.45, 7) is 4.51. The average molecular weight is 270 g/mol. The van der Waals surface area contributed by atoms with E-state index in [1.54, 1.807) is 4.90 Å². The molecule has 0 aromatic heterocycles. The van der Waals surface area contributed by atoms with Crippen molar-refractivity contribution in [3.63, 3.8) is 0 Å². The minimum Gasteiger partial charge on any atom is -0.409 e. The van der Waals surface area contributed by atoms with Crippen LogP contribution in [0.3, 0.4) is 0 Å². The Hall–Kier alpha value is -1.50. The van der Waals surface area contributed by atoms with Gasteiger partial charge in [0.1, 0.15) is 5.84 Å². The maximum absolute atomic E-state index is 12.1. The molecule has 0 saturated carbocycles. The molecule has 2 amide bonds. The topological polar surface area (TPSA) is 100 Å². The first-order valence-corrected chi connectivity index (χ1v) is 6.66. The van der Waals surface area contributed by atoms with Crippen LogP contribution in [0.25, 0.3) is 0 Å². The first-order chi connectivity index (χ1) is 9.05. The third-order valence-corrected chi connectivity index (χ3v) is 4.14. The molecule has 2 heterocycles. The van der Waals surface area contributed by atoms with Gasteiger partial charge in [-0.15, -0.1) is 0 Å². The summed E-state index contributed by atoms with van der Waals surface area (Å²) in [5, 5.41) is 14.8. The van der Waals surface area contributed by atoms with E-state index in [-0.39, 0.29) is 23.3 Å². The van der Waals surface area contributed by atoms with Crippen LogP contribution in [0.2, 0.25) is 0 Å². The molecule has 0 aromatic carbocycles. The number of nitrogens with zero attached hydrogens (tertiary/aromatic N) is 2. The van der Waals surface area contributed by atoms with Gasteiger partial charge >= 0.3 is 6.03 Å². The van der Waals surface area contributed by atoms with Crippen molar-refractivity contribution in [3.8, 4) is 0 Å². The minimum atomic E-state index is -0.317. The van der Waals surface area contributed by atoms with Crippen molar-refractivity contribution < 1.29 is 14.7 Å². The van der Waals surface area contributed by atoms with E-state index in [0.717, 1.165) is 6.42 Å². The third-order valence-electron chi connectivity index (χ3n) is 4.14. The lowest BCUT2D eigenvalue weighted by Crippen LogP contribution is -2.52. The second-order valence-electron chi connectivity index (χ2n) is 5.54. The van der Waals surface area contributed by atoms with Crippen molar-refractivity contribution in [2.24, 2.45) is 16.3 Å². The van der Waals surface area contributed by atoms with E-state index in [9.17, 15) is 4.79 Å². The molecule has 2 fully saturated rings. The Bertz CT molecular complexity index is 358. The maximum Gasteiger partial charge on any atom is 0.317 e. The molecule has 7 heteroatoms. The molecule has 2 saturated heterocycles. The number of ether oxygens (including phenoxy) is 1. The molecule has 4 N–H and O–H groups in total. The van der Waals surface area contributed by atoms with Crippen molar-refractivity contribution in [2.45, 2.75) is 32.2 Å². The van der Waals surface area contributed by atoms with Crippen LogP contribution in [0, 0.1) is 5.41 Å². The predicted molar refractivity (Wildman–Crippen MR) is 70.1 cm³/mol. The summed E-state index contributed by atoms with van der Waals surface area (Å²) in [6.07, 6.45) is 2.29. The Morgan fingerprint density at radius 2 is 2.21 bits per heavy atom. The summed E-state index contributed by atoms with van der Waals surface area (Å²) in [6, 6.07) is 0.0851. The quantitative estimate of drug-likeness (QED) is 0.291. The van der Waals surface area contributed by atoms with Gasteiger partial charge in [-0.1, -0.05) is 12.1 Å². The summed E-state index contributed by atoms with van der Waals surface area (Å²) in [4.78, 5) is 13.8. The van der Waals surface area contributed by atoms with Gasteiger partial charge in [-0.2, -0.15) is 0 Å². The Balaban J connectivity index is 1.83. The van der Waals surface area contributed by atoms with Gasteiger partial charge in [0.15, 0.2) is 0 Å². The van der Waals surface area contributed by atoms with Crippen molar-refractivity contribution in [1.29, 1.82) is 0 Å². The van der Waals surface area contributed by atoms with E-state index >= 15 is 0 Å². The highest BCUT2D eigenvalue weighted by atomic mass is 16.5. The number of nitrogens with two attached hydrogens (primary N) is 1. The molecule has 0 bridgehead atoms. The number of piperidine rings is 1. The number of oxime groups is 1. The molecule has 1 unspecified atom stereocenters. The Morgan fingerprint density at radius 3 is 2.74 bits per heavy atom. The standard InChI is InChI=1S/C12H22N4O3/c1-12(10(13)15-18)3-5-16(6-4-12)11(17)14-9-2-7-19-8-9/h9,18H,2-8H2,1H3,(H2,13,15)(H,14,17). The molecule has 19 heavy (non-hydrogen) atoms. The largest absolute Gasteiger partial charge is 0.409 e. The van der Waals surface area contributed by atoms with E-state index < -0.39 is 0 Å². The number of amides is 2. The zero-order chi connectivity index (χ0) is 13.9. The lowest BCUT2D eigenvalue weighted by Gasteiger charge is -2.38. The lowest BCUT2D eigenvalue weighted by molar-refractivity contribution is 0.151. The highest BCUT2D eigenvalue weighted by molar-refractivity contribution is 5.86. The van der Waals surface area contributed by atoms with Crippen LogP contribution in [0.15, 0.2) is 5.16 Å². The summed E-state index contributed by atoms with van der Waals surface area (Å²) in [7, 11) is 0. The van der Waals surface area contributed by atoms with E-state index in [0.29, 0.717) is 39.1 Å². The first-order valence-electron chi connectivity index (χ1n) is 6.66. The fraction of sp³-hybridized carbons (Fsp3) is 0.833. The molecule has 0 aliphatic carbocycles. The van der Waals surface area contributed by atoms with Crippen LogP contribution in [0.4, 0.5) is 4.79 Å². The molecule has 0 aromatic rings. The van der Waals surface area contributed by atoms with Gasteiger partial charge < -0.3 is 25.9 Å². The molecule has 1 atom stereocenters. The van der Waals surface area contributed by atoms with Crippen LogP contribution < -0.4 is 11.1 Å². The van der Waals surface area contributed by atoms with Gasteiger partial charge in [-0.25, -0.2) is 4.79 Å². The molecule has 0 radical (unpaired) electrons. The molecular weight excluding hydrogens is 248 g/mol. The fourth-order valence-electron chi connectivity index (χ4n) is 2.49. The first kappa shape index (κ1) is 13.9. The number of rotatable bonds is 2. The van der Waals surface area contributed by atoms with Gasteiger partial charge in [0.05, 0.1) is 12.6 Å². The van der Waals surface area contributed by atoms with Gasteiger partial charge in [0.25, 0.3) is 0 Å². The number of likely N-dealkylation sites (tertiary alicyclic amines) is 1. The third kappa shape index (κ3) is 3.09. The van der Waals surface area contributed by atoms with Gasteiger partial charge in [0, 0.05) is 25.1 Å². The van der Waals surface area contributed by atoms with Crippen LogP contribution in [0.5, 0.6) is 0 Å². The Morgan fingerprint density at radius 1 is 1.53 bits per heavy atom. The summed E-state index contributed by atoms with van der Waals surface area (Å²) >= 11 is 0. The van der Waals surface area contributed by atoms with Gasteiger partial charge in [-0.05, 0) is 19.3 Å². The number of hydrogen-bond donors (Lipinski definition) is 3. The van der Waals surface area contributed by atoms with E-state index in [1.807, 2.05) is 6.92 Å². The highest BCUT2D eigenvalue weighted by Crippen LogP contribution is 2.31. The van der Waals surface area contributed by atoms with Crippen LogP contribution in [-0.2, 0) is 4.74 Å². The molecule has 7 nitrogen and oxygen atoms in total. The second kappa shape index (κ2) is 5.64. The predicted octanol–water partition coefficient (Wildman–Crippen LogP) is 0.333. The highest BCUT2D eigenvalue weighted by Gasteiger charge is 2.36.